The van der Waals surface area contributed by atoms with Crippen LogP contribution in [0.5, 0.6) is 0 Å². The van der Waals surface area contributed by atoms with E-state index < -0.39 is 9.84 Å². The van der Waals surface area contributed by atoms with Gasteiger partial charge in [-0.2, -0.15) is 0 Å². The van der Waals surface area contributed by atoms with Crippen molar-refractivity contribution >= 4 is 15.8 Å². The van der Waals surface area contributed by atoms with Crippen LogP contribution in [0, 0.1) is 0 Å². The minimum absolute atomic E-state index is 0.00889. The second-order valence-corrected chi connectivity index (χ2v) is 5.06. The van der Waals surface area contributed by atoms with E-state index in [4.69, 9.17) is 5.73 Å². The second kappa shape index (κ2) is 3.37. The highest BCUT2D eigenvalue weighted by atomic mass is 32.2. The number of rotatable bonds is 3. The van der Waals surface area contributed by atoms with E-state index in [-0.39, 0.29) is 5.75 Å². The highest BCUT2D eigenvalue weighted by Gasteiger charge is 2.11. The van der Waals surface area contributed by atoms with E-state index in [9.17, 15) is 8.42 Å². The fourth-order valence-corrected chi connectivity index (χ4v) is 1.94. The maximum absolute atomic E-state index is 11.0. The maximum Gasteiger partial charge on any atom is 0.200 e. The Balaban J connectivity index is 3.02. The smallest absolute Gasteiger partial charge is 0.200 e. The number of anilines is 1. The predicted molar refractivity (Wildman–Crippen MR) is 50.9 cm³/mol. The van der Waals surface area contributed by atoms with Gasteiger partial charge in [-0.25, -0.2) is 13.4 Å². The van der Waals surface area contributed by atoms with Crippen LogP contribution >= 0.6 is 0 Å². The first-order valence-electron chi connectivity index (χ1n) is 3.91. The summed E-state index contributed by atoms with van der Waals surface area (Å²) in [5.74, 6) is 0.353. The lowest BCUT2D eigenvalue weighted by Gasteiger charge is -2.04. The molecule has 1 aromatic rings. The molecule has 0 atom stereocenters. The summed E-state index contributed by atoms with van der Waals surface area (Å²) in [6.07, 6.45) is 2.69. The maximum atomic E-state index is 11.0. The molecular weight excluding hydrogens is 190 g/mol. The lowest BCUT2D eigenvalue weighted by molar-refractivity contribution is 0.598. The SMILES string of the molecule is CCn1c(CS(C)(=O)=O)cnc1N. The van der Waals surface area contributed by atoms with Crippen molar-refractivity contribution in [3.8, 4) is 0 Å². The van der Waals surface area contributed by atoms with E-state index in [1.807, 2.05) is 6.92 Å². The number of imidazole rings is 1. The van der Waals surface area contributed by atoms with E-state index in [1.54, 1.807) is 4.57 Å². The van der Waals surface area contributed by atoms with E-state index in [2.05, 4.69) is 4.98 Å². The van der Waals surface area contributed by atoms with Crippen LogP contribution in [0.2, 0.25) is 0 Å². The molecule has 0 saturated carbocycles. The van der Waals surface area contributed by atoms with Gasteiger partial charge in [0.05, 0.1) is 17.6 Å². The molecule has 74 valence electrons. The zero-order valence-electron chi connectivity index (χ0n) is 7.69. The minimum Gasteiger partial charge on any atom is -0.369 e. The van der Waals surface area contributed by atoms with Crippen molar-refractivity contribution in [3.63, 3.8) is 0 Å². The molecule has 0 aliphatic rings. The highest BCUT2D eigenvalue weighted by molar-refractivity contribution is 7.89. The van der Waals surface area contributed by atoms with Gasteiger partial charge in [0.2, 0.25) is 0 Å². The number of nitrogens with two attached hydrogens (primary N) is 1. The number of hydrogen-bond donors (Lipinski definition) is 1. The Morgan fingerprint density at radius 2 is 2.23 bits per heavy atom. The molecule has 2 N–H and O–H groups in total. The van der Waals surface area contributed by atoms with Gasteiger partial charge >= 0.3 is 0 Å². The summed E-state index contributed by atoms with van der Waals surface area (Å²) in [6.45, 7) is 2.53. The predicted octanol–water partition coefficient (Wildman–Crippen LogP) is 0.0298. The summed E-state index contributed by atoms with van der Waals surface area (Å²) >= 11 is 0. The summed E-state index contributed by atoms with van der Waals surface area (Å²) < 4.78 is 23.7. The molecule has 0 fully saturated rings. The molecule has 0 spiro atoms. The van der Waals surface area contributed by atoms with Gasteiger partial charge in [0.25, 0.3) is 0 Å². The van der Waals surface area contributed by atoms with Gasteiger partial charge in [0.1, 0.15) is 0 Å². The van der Waals surface area contributed by atoms with Crippen LogP contribution in [0.1, 0.15) is 12.6 Å². The van der Waals surface area contributed by atoms with Crippen LogP contribution in [0.4, 0.5) is 5.95 Å². The van der Waals surface area contributed by atoms with Crippen molar-refractivity contribution in [2.24, 2.45) is 0 Å². The summed E-state index contributed by atoms with van der Waals surface area (Å²) in [6, 6.07) is 0. The van der Waals surface area contributed by atoms with Crippen molar-refractivity contribution in [2.75, 3.05) is 12.0 Å². The number of sulfone groups is 1. The molecule has 6 heteroatoms. The lowest BCUT2D eigenvalue weighted by atomic mass is 10.5. The van der Waals surface area contributed by atoms with Crippen LogP contribution in [0.25, 0.3) is 0 Å². The van der Waals surface area contributed by atoms with Gasteiger partial charge in [0, 0.05) is 12.8 Å². The Hall–Kier alpha value is -1.04. The Kier molecular flexibility index (Phi) is 2.60. The summed E-state index contributed by atoms with van der Waals surface area (Å²) in [5, 5.41) is 0. The van der Waals surface area contributed by atoms with Crippen molar-refractivity contribution in [1.82, 2.24) is 9.55 Å². The fourth-order valence-electron chi connectivity index (χ4n) is 1.18. The van der Waals surface area contributed by atoms with E-state index in [1.165, 1.54) is 12.5 Å². The Bertz CT molecular complexity index is 394. The van der Waals surface area contributed by atoms with Crippen molar-refractivity contribution < 1.29 is 8.42 Å². The minimum atomic E-state index is -3.01. The highest BCUT2D eigenvalue weighted by Crippen LogP contribution is 2.09. The number of hydrogen-bond acceptors (Lipinski definition) is 4. The van der Waals surface area contributed by atoms with Gasteiger partial charge in [0.15, 0.2) is 15.8 Å². The van der Waals surface area contributed by atoms with E-state index in [0.29, 0.717) is 18.2 Å². The topological polar surface area (TPSA) is 78.0 Å². The van der Waals surface area contributed by atoms with Crippen LogP contribution in [-0.2, 0) is 22.1 Å². The average Bonchev–Trinajstić information content (AvgIpc) is 2.28. The standard InChI is InChI=1S/C7H13N3O2S/c1-3-10-6(4-9-7(10)8)5-13(2,11)12/h4H,3,5H2,1-2H3,(H2,8,9). The zero-order valence-corrected chi connectivity index (χ0v) is 8.50. The lowest BCUT2D eigenvalue weighted by Crippen LogP contribution is -2.09. The molecule has 1 rings (SSSR count). The molecule has 0 aliphatic carbocycles. The largest absolute Gasteiger partial charge is 0.369 e. The average molecular weight is 203 g/mol. The van der Waals surface area contributed by atoms with Crippen LogP contribution in [0.3, 0.4) is 0 Å². The zero-order chi connectivity index (χ0) is 10.1. The molecule has 0 aliphatic heterocycles. The summed E-state index contributed by atoms with van der Waals surface area (Å²) in [4.78, 5) is 3.85. The van der Waals surface area contributed by atoms with Crippen LogP contribution in [0.15, 0.2) is 6.20 Å². The van der Waals surface area contributed by atoms with Crippen LogP contribution < -0.4 is 5.73 Å². The third kappa shape index (κ3) is 2.45. The molecule has 0 radical (unpaired) electrons. The van der Waals surface area contributed by atoms with Gasteiger partial charge in [-0.15, -0.1) is 0 Å². The Labute approximate surface area is 77.5 Å². The summed E-state index contributed by atoms with van der Waals surface area (Å²) in [5.41, 5.74) is 6.17. The van der Waals surface area contributed by atoms with Crippen LogP contribution in [-0.4, -0.2) is 24.2 Å². The molecule has 0 bridgehead atoms. The Morgan fingerprint density at radius 3 is 2.69 bits per heavy atom. The first kappa shape index (κ1) is 10.0. The molecule has 0 amide bonds. The van der Waals surface area contributed by atoms with Crippen molar-refractivity contribution in [3.05, 3.63) is 11.9 Å². The van der Waals surface area contributed by atoms with Gasteiger partial charge in [-0.1, -0.05) is 0 Å². The third-order valence-electron chi connectivity index (χ3n) is 1.70. The number of aromatic nitrogens is 2. The molecule has 0 aromatic carbocycles. The normalized spacial score (nSPS) is 11.8. The number of nitrogens with zero attached hydrogens (tertiary/aromatic N) is 2. The van der Waals surface area contributed by atoms with Gasteiger partial charge < -0.3 is 10.3 Å². The summed E-state index contributed by atoms with van der Waals surface area (Å²) in [7, 11) is -3.01. The molecule has 13 heavy (non-hydrogen) atoms. The van der Waals surface area contributed by atoms with Crippen molar-refractivity contribution in [1.29, 1.82) is 0 Å². The third-order valence-corrected chi connectivity index (χ3v) is 2.52. The van der Waals surface area contributed by atoms with Gasteiger partial charge in [-0.05, 0) is 6.92 Å². The Morgan fingerprint density at radius 1 is 1.62 bits per heavy atom. The number of nitrogen functional groups attached to an aromatic ring is 1. The van der Waals surface area contributed by atoms with E-state index >= 15 is 0 Å². The first-order valence-corrected chi connectivity index (χ1v) is 5.97. The molecule has 5 nitrogen and oxygen atoms in total. The quantitative estimate of drug-likeness (QED) is 0.751. The second-order valence-electron chi connectivity index (χ2n) is 2.92. The fraction of sp³-hybridized carbons (Fsp3) is 0.571. The molecule has 1 aromatic heterocycles. The molecule has 0 saturated heterocycles. The van der Waals surface area contributed by atoms with E-state index in [0.717, 1.165) is 0 Å². The molecular formula is C7H13N3O2S. The van der Waals surface area contributed by atoms with Crippen molar-refractivity contribution in [2.45, 2.75) is 19.2 Å². The first-order chi connectivity index (χ1) is 5.94. The molecule has 1 heterocycles. The monoisotopic (exact) mass is 203 g/mol. The molecule has 0 unspecified atom stereocenters. The van der Waals surface area contributed by atoms with Gasteiger partial charge in [-0.3, -0.25) is 0 Å².